The van der Waals surface area contributed by atoms with Crippen LogP contribution in [0.4, 0.5) is 5.13 Å². The van der Waals surface area contributed by atoms with Crippen LogP contribution in [-0.2, 0) is 16.6 Å². The maximum atomic E-state index is 12.2. The molecule has 0 aliphatic carbocycles. The van der Waals surface area contributed by atoms with Gasteiger partial charge >= 0.3 is 0 Å². The number of aromatic nitrogens is 4. The summed E-state index contributed by atoms with van der Waals surface area (Å²) >= 11 is 1.11. The number of nitrogens with zero attached hydrogens (tertiary/aromatic N) is 3. The van der Waals surface area contributed by atoms with E-state index in [1.807, 2.05) is 0 Å². The van der Waals surface area contributed by atoms with Gasteiger partial charge in [-0.25, -0.2) is 8.42 Å². The van der Waals surface area contributed by atoms with Crippen molar-refractivity contribution in [3.05, 3.63) is 16.9 Å². The van der Waals surface area contributed by atoms with E-state index < -0.39 is 10.0 Å². The Labute approximate surface area is 108 Å². The second kappa shape index (κ2) is 5.00. The number of hydrogen-bond acceptors (Lipinski definition) is 7. The maximum absolute atomic E-state index is 12.2. The number of rotatable bonds is 5. The Balaban J connectivity index is 2.37. The fourth-order valence-corrected chi connectivity index (χ4v) is 3.56. The van der Waals surface area contributed by atoms with Crippen LogP contribution in [0.25, 0.3) is 0 Å². The third-order valence-electron chi connectivity index (χ3n) is 2.16. The lowest BCUT2D eigenvalue weighted by Gasteiger charge is -2.05. The van der Waals surface area contributed by atoms with E-state index in [2.05, 4.69) is 30.4 Å². The summed E-state index contributed by atoms with van der Waals surface area (Å²) in [4.78, 5) is 0.145. The zero-order valence-electron chi connectivity index (χ0n) is 9.76. The van der Waals surface area contributed by atoms with E-state index in [4.69, 9.17) is 0 Å². The van der Waals surface area contributed by atoms with E-state index in [-0.39, 0.29) is 10.0 Å². The van der Waals surface area contributed by atoms with E-state index in [9.17, 15) is 8.42 Å². The highest BCUT2D eigenvalue weighted by atomic mass is 32.2. The minimum Gasteiger partial charge on any atom is -0.314 e. The van der Waals surface area contributed by atoms with Crippen molar-refractivity contribution in [1.82, 2.24) is 25.7 Å². The molecule has 0 unspecified atom stereocenters. The summed E-state index contributed by atoms with van der Waals surface area (Å²) in [6.45, 7) is 2.01. The van der Waals surface area contributed by atoms with Crippen LogP contribution in [0.5, 0.6) is 0 Å². The van der Waals surface area contributed by atoms with Gasteiger partial charge in [0.2, 0.25) is 5.13 Å². The molecule has 0 saturated heterocycles. The van der Waals surface area contributed by atoms with E-state index in [1.54, 1.807) is 14.0 Å². The molecule has 0 aliphatic heterocycles. The van der Waals surface area contributed by atoms with Crippen molar-refractivity contribution in [1.29, 1.82) is 0 Å². The van der Waals surface area contributed by atoms with Gasteiger partial charge < -0.3 is 5.32 Å². The monoisotopic (exact) mass is 288 g/mol. The summed E-state index contributed by atoms with van der Waals surface area (Å²) in [5.74, 6) is 0. The molecular weight excluding hydrogens is 276 g/mol. The van der Waals surface area contributed by atoms with E-state index in [0.717, 1.165) is 11.3 Å². The Morgan fingerprint density at radius 1 is 1.50 bits per heavy atom. The molecule has 98 valence electrons. The zero-order valence-corrected chi connectivity index (χ0v) is 11.4. The van der Waals surface area contributed by atoms with Gasteiger partial charge in [0.15, 0.2) is 0 Å². The lowest BCUT2D eigenvalue weighted by Crippen LogP contribution is -2.17. The molecular formula is C8H12N6O2S2. The third-order valence-corrected chi connectivity index (χ3v) is 4.43. The lowest BCUT2D eigenvalue weighted by atomic mass is 10.4. The van der Waals surface area contributed by atoms with E-state index >= 15 is 0 Å². The first-order valence-corrected chi connectivity index (χ1v) is 7.38. The van der Waals surface area contributed by atoms with Crippen LogP contribution in [0.3, 0.4) is 0 Å². The van der Waals surface area contributed by atoms with Gasteiger partial charge in [0.1, 0.15) is 10.4 Å². The van der Waals surface area contributed by atoms with Crippen LogP contribution in [0.1, 0.15) is 11.4 Å². The van der Waals surface area contributed by atoms with Crippen molar-refractivity contribution in [2.24, 2.45) is 0 Å². The average Bonchev–Trinajstić information content (AvgIpc) is 2.89. The molecule has 0 bridgehead atoms. The first kappa shape index (κ1) is 12.9. The van der Waals surface area contributed by atoms with Gasteiger partial charge in [-0.05, 0) is 14.0 Å². The van der Waals surface area contributed by atoms with Crippen molar-refractivity contribution in [2.75, 3.05) is 11.8 Å². The Hall–Kier alpha value is -1.52. The van der Waals surface area contributed by atoms with Crippen molar-refractivity contribution >= 4 is 26.5 Å². The average molecular weight is 288 g/mol. The second-order valence-electron chi connectivity index (χ2n) is 3.50. The number of aromatic amines is 1. The first-order chi connectivity index (χ1) is 8.54. The minimum atomic E-state index is -3.70. The van der Waals surface area contributed by atoms with Crippen molar-refractivity contribution in [2.45, 2.75) is 18.4 Å². The molecule has 0 fully saturated rings. The highest BCUT2D eigenvalue weighted by Gasteiger charge is 2.24. The Bertz CT molecular complexity index is 618. The molecule has 0 spiro atoms. The first-order valence-electron chi connectivity index (χ1n) is 5.02. The standard InChI is InChI=1S/C8H12N6O2S2/c1-5-7(6(3-9-2)12-11-5)18(15,16)14-8-13-10-4-17-8/h4,9H,3H2,1-2H3,(H,11,12)(H,13,14). The Morgan fingerprint density at radius 2 is 2.28 bits per heavy atom. The van der Waals surface area contributed by atoms with Crippen LogP contribution in [-0.4, -0.2) is 35.9 Å². The van der Waals surface area contributed by atoms with Crippen LogP contribution < -0.4 is 10.0 Å². The molecule has 3 N–H and O–H groups in total. The van der Waals surface area contributed by atoms with Gasteiger partial charge in [0.05, 0.1) is 11.4 Å². The van der Waals surface area contributed by atoms with Crippen LogP contribution in [0.15, 0.2) is 10.4 Å². The molecule has 8 nitrogen and oxygen atoms in total. The molecule has 0 saturated carbocycles. The fraction of sp³-hybridized carbons (Fsp3) is 0.375. The molecule has 2 rings (SSSR count). The van der Waals surface area contributed by atoms with Gasteiger partial charge in [0.25, 0.3) is 10.0 Å². The number of nitrogens with one attached hydrogen (secondary N) is 3. The van der Waals surface area contributed by atoms with Gasteiger partial charge in [-0.3, -0.25) is 9.82 Å². The Morgan fingerprint density at radius 3 is 2.89 bits per heavy atom. The van der Waals surface area contributed by atoms with Crippen LogP contribution >= 0.6 is 11.3 Å². The lowest BCUT2D eigenvalue weighted by molar-refractivity contribution is 0.598. The van der Waals surface area contributed by atoms with Gasteiger partial charge in [-0.2, -0.15) is 5.10 Å². The van der Waals surface area contributed by atoms with E-state index in [0.29, 0.717) is 17.9 Å². The number of sulfonamides is 1. The van der Waals surface area contributed by atoms with Gasteiger partial charge in [0, 0.05) is 6.54 Å². The van der Waals surface area contributed by atoms with Crippen molar-refractivity contribution in [3.8, 4) is 0 Å². The molecule has 0 radical (unpaired) electrons. The van der Waals surface area contributed by atoms with Gasteiger partial charge in [-0.1, -0.05) is 11.3 Å². The summed E-state index contributed by atoms with van der Waals surface area (Å²) in [5.41, 5.74) is 2.37. The number of anilines is 1. The van der Waals surface area contributed by atoms with Gasteiger partial charge in [-0.15, -0.1) is 10.2 Å². The molecule has 0 aliphatic rings. The van der Waals surface area contributed by atoms with E-state index in [1.165, 1.54) is 5.51 Å². The normalized spacial score (nSPS) is 11.7. The minimum absolute atomic E-state index is 0.145. The second-order valence-corrected chi connectivity index (χ2v) is 5.96. The molecule has 2 aromatic rings. The number of H-pyrrole nitrogens is 1. The number of aryl methyl sites for hydroxylation is 1. The van der Waals surface area contributed by atoms with Crippen molar-refractivity contribution in [3.63, 3.8) is 0 Å². The fourth-order valence-electron chi connectivity index (χ4n) is 1.50. The summed E-state index contributed by atoms with van der Waals surface area (Å²) in [6.07, 6.45) is 0. The molecule has 0 aromatic carbocycles. The van der Waals surface area contributed by atoms with Crippen LogP contribution in [0, 0.1) is 6.92 Å². The number of hydrogen-bond donors (Lipinski definition) is 3. The maximum Gasteiger partial charge on any atom is 0.267 e. The van der Waals surface area contributed by atoms with Crippen LogP contribution in [0.2, 0.25) is 0 Å². The highest BCUT2D eigenvalue weighted by molar-refractivity contribution is 7.93. The molecule has 0 amide bonds. The highest BCUT2D eigenvalue weighted by Crippen LogP contribution is 2.21. The predicted molar refractivity (Wildman–Crippen MR) is 66.8 cm³/mol. The molecule has 18 heavy (non-hydrogen) atoms. The molecule has 2 aromatic heterocycles. The third kappa shape index (κ3) is 2.49. The molecule has 0 atom stereocenters. The summed E-state index contributed by atoms with van der Waals surface area (Å²) in [7, 11) is -1.98. The SMILES string of the molecule is CNCc1n[nH]c(C)c1S(=O)(=O)Nc1nncs1. The predicted octanol–water partition coefficient (Wildman–Crippen LogP) is 0.0898. The Kier molecular flexibility index (Phi) is 3.59. The van der Waals surface area contributed by atoms with Crippen molar-refractivity contribution < 1.29 is 8.42 Å². The quantitative estimate of drug-likeness (QED) is 0.718. The topological polar surface area (TPSA) is 113 Å². The smallest absolute Gasteiger partial charge is 0.267 e. The summed E-state index contributed by atoms with van der Waals surface area (Å²) in [5, 5.41) is 16.9. The largest absolute Gasteiger partial charge is 0.314 e. The molecule has 2 heterocycles. The summed E-state index contributed by atoms with van der Waals surface area (Å²) < 4.78 is 26.8. The zero-order chi connectivity index (χ0) is 13.2. The summed E-state index contributed by atoms with van der Waals surface area (Å²) in [6, 6.07) is 0. The molecule has 10 heteroatoms.